The molecule has 35 heavy (non-hydrogen) atoms. The molecule has 0 saturated heterocycles. The Labute approximate surface area is 213 Å². The third-order valence-electron chi connectivity index (χ3n) is 6.16. The van der Waals surface area contributed by atoms with Gasteiger partial charge in [0.25, 0.3) is 0 Å². The molecule has 1 fully saturated rings. The van der Waals surface area contributed by atoms with Crippen LogP contribution in [0.25, 0.3) is 0 Å². The van der Waals surface area contributed by atoms with Crippen LogP contribution >= 0.6 is 0 Å². The van der Waals surface area contributed by atoms with Crippen LogP contribution in [-0.2, 0) is 19.1 Å². The maximum atomic E-state index is 13.2. The van der Waals surface area contributed by atoms with Gasteiger partial charge in [0.05, 0.1) is 0 Å². The first-order valence-electron chi connectivity index (χ1n) is 12.8. The number of carbonyl (C=O) groups excluding carboxylic acids is 3. The van der Waals surface area contributed by atoms with Crippen molar-refractivity contribution in [2.75, 3.05) is 13.2 Å². The predicted octanol–water partition coefficient (Wildman–Crippen LogP) is 7.08. The number of rotatable bonds is 8. The van der Waals surface area contributed by atoms with Gasteiger partial charge < -0.3 is 9.53 Å². The van der Waals surface area contributed by atoms with Crippen LogP contribution in [0.2, 0.25) is 0 Å². The van der Waals surface area contributed by atoms with Crippen molar-refractivity contribution in [3.8, 4) is 11.8 Å². The summed E-state index contributed by atoms with van der Waals surface area (Å²) in [5.41, 5.74) is 4.75. The second-order valence-corrected chi connectivity index (χ2v) is 9.34. The van der Waals surface area contributed by atoms with E-state index in [1.165, 1.54) is 6.92 Å². The quantitative estimate of drug-likeness (QED) is 0.172. The molecule has 194 valence electrons. The molecule has 2 rings (SSSR count). The van der Waals surface area contributed by atoms with Gasteiger partial charge in [0, 0.05) is 31.6 Å². The van der Waals surface area contributed by atoms with Crippen LogP contribution in [0.4, 0.5) is 0 Å². The number of ether oxygens (including phenoxy) is 1. The second-order valence-electron chi connectivity index (χ2n) is 9.34. The Hall–Kier alpha value is -2.51. The molecule has 0 unspecified atom stereocenters. The first-order valence-corrected chi connectivity index (χ1v) is 12.8. The van der Waals surface area contributed by atoms with Crippen molar-refractivity contribution in [1.29, 1.82) is 0 Å². The summed E-state index contributed by atoms with van der Waals surface area (Å²) in [6, 6.07) is 3.99. The third-order valence-corrected chi connectivity index (χ3v) is 6.16. The Kier molecular flexibility index (Phi) is 15.8. The third kappa shape index (κ3) is 10.7. The molecule has 0 amide bonds. The van der Waals surface area contributed by atoms with E-state index < -0.39 is 5.92 Å². The van der Waals surface area contributed by atoms with Crippen molar-refractivity contribution in [3.05, 3.63) is 46.5 Å². The van der Waals surface area contributed by atoms with Gasteiger partial charge in [0.2, 0.25) is 0 Å². The molecule has 1 aromatic rings. The van der Waals surface area contributed by atoms with Crippen molar-refractivity contribution in [2.24, 2.45) is 5.41 Å². The van der Waals surface area contributed by atoms with E-state index in [9.17, 15) is 9.59 Å². The number of aryl methyl sites for hydroxylation is 2. The number of hydrogen-bond donors (Lipinski definition) is 0. The van der Waals surface area contributed by atoms with E-state index in [-0.39, 0.29) is 17.0 Å². The molecule has 0 N–H and O–H groups in total. The molecule has 4 nitrogen and oxygen atoms in total. The van der Waals surface area contributed by atoms with E-state index in [1.54, 1.807) is 0 Å². The fourth-order valence-electron chi connectivity index (χ4n) is 4.85. The summed E-state index contributed by atoms with van der Waals surface area (Å²) in [7, 11) is 0. The van der Waals surface area contributed by atoms with Crippen LogP contribution in [0, 0.1) is 31.1 Å². The van der Waals surface area contributed by atoms with Crippen molar-refractivity contribution < 1.29 is 19.1 Å². The van der Waals surface area contributed by atoms with Crippen LogP contribution in [-0.4, -0.2) is 31.1 Å². The summed E-state index contributed by atoms with van der Waals surface area (Å²) in [5.74, 6) is 5.55. The van der Waals surface area contributed by atoms with E-state index in [0.717, 1.165) is 73.0 Å². The number of Topliss-reactive ketones (excluding diaryl/α,β-unsaturated/α-hetero) is 2. The maximum Gasteiger partial charge on any atom is 0.148 e. The Morgan fingerprint density at radius 2 is 1.57 bits per heavy atom. The first kappa shape index (κ1) is 32.5. The minimum Gasteiger partial charge on any atom is -0.382 e. The minimum absolute atomic E-state index is 0.0851. The maximum absolute atomic E-state index is 13.2. The summed E-state index contributed by atoms with van der Waals surface area (Å²) >= 11 is 0. The molecule has 0 bridgehead atoms. The smallest absolute Gasteiger partial charge is 0.148 e. The summed E-state index contributed by atoms with van der Waals surface area (Å²) in [5, 5.41) is 0. The van der Waals surface area contributed by atoms with Gasteiger partial charge in [-0.3, -0.25) is 9.59 Å². The van der Waals surface area contributed by atoms with Gasteiger partial charge in [-0.2, -0.15) is 0 Å². The number of hydrogen-bond acceptors (Lipinski definition) is 4. The van der Waals surface area contributed by atoms with Gasteiger partial charge in [-0.05, 0) is 102 Å². The molecule has 0 aliphatic heterocycles. The Morgan fingerprint density at radius 1 is 1.09 bits per heavy atom. The van der Waals surface area contributed by atoms with E-state index in [1.807, 2.05) is 53.7 Å². The molecular formula is C31H46O4. The topological polar surface area (TPSA) is 60.4 Å². The van der Waals surface area contributed by atoms with Gasteiger partial charge in [0.1, 0.15) is 23.8 Å². The monoisotopic (exact) mass is 482 g/mol. The Bertz CT molecular complexity index is 871. The number of allylic oxidation sites excluding steroid dienone is 1. The highest BCUT2D eigenvalue weighted by Crippen LogP contribution is 2.46. The summed E-state index contributed by atoms with van der Waals surface area (Å²) < 4.78 is 4.83. The van der Waals surface area contributed by atoms with Crippen LogP contribution in [0.1, 0.15) is 108 Å². The number of carbonyl (C=O) groups is 3. The lowest BCUT2D eigenvalue weighted by molar-refractivity contribution is -0.137. The fourth-order valence-corrected chi connectivity index (χ4v) is 4.85. The lowest BCUT2D eigenvalue weighted by Gasteiger charge is -2.39. The van der Waals surface area contributed by atoms with Gasteiger partial charge in [-0.25, -0.2) is 0 Å². The van der Waals surface area contributed by atoms with E-state index >= 15 is 0 Å². The molecule has 0 heterocycles. The summed E-state index contributed by atoms with van der Waals surface area (Å²) in [4.78, 5) is 35.2. The van der Waals surface area contributed by atoms with Crippen molar-refractivity contribution in [1.82, 2.24) is 0 Å². The zero-order valence-electron chi connectivity index (χ0n) is 23.3. The largest absolute Gasteiger partial charge is 0.382 e. The zero-order chi connectivity index (χ0) is 27.0. The highest BCUT2D eigenvalue weighted by molar-refractivity contribution is 6.10. The molecule has 1 aromatic carbocycles. The predicted molar refractivity (Wildman–Crippen MR) is 146 cm³/mol. The number of ketones is 2. The highest BCUT2D eigenvalue weighted by Gasteiger charge is 2.45. The number of benzene rings is 1. The first-order chi connectivity index (χ1) is 16.6. The Balaban J connectivity index is 0.00000126. The van der Waals surface area contributed by atoms with Crippen LogP contribution in [0.15, 0.2) is 24.3 Å². The van der Waals surface area contributed by atoms with E-state index in [0.29, 0.717) is 12.8 Å². The molecule has 0 radical (unpaired) electrons. The van der Waals surface area contributed by atoms with Crippen molar-refractivity contribution in [3.63, 3.8) is 0 Å². The van der Waals surface area contributed by atoms with Gasteiger partial charge in [-0.1, -0.05) is 24.8 Å². The highest BCUT2D eigenvalue weighted by atomic mass is 16.5. The Morgan fingerprint density at radius 3 is 1.91 bits per heavy atom. The SMILES string of the molecule is C=C(C)CCC1(CCC)CC(=O)C(c2c(C)cc(C#CC)cc2C)C(=O)C1.CC=O.CCOCC. The lowest BCUT2D eigenvalue weighted by atomic mass is 9.62. The molecule has 0 spiro atoms. The average molecular weight is 483 g/mol. The lowest BCUT2D eigenvalue weighted by Crippen LogP contribution is -2.40. The molecule has 1 saturated carbocycles. The molecule has 1 aliphatic rings. The van der Waals surface area contributed by atoms with Gasteiger partial charge >= 0.3 is 0 Å². The van der Waals surface area contributed by atoms with Crippen LogP contribution < -0.4 is 0 Å². The summed E-state index contributed by atoms with van der Waals surface area (Å²) in [6.45, 7) is 21.0. The molecule has 0 aromatic heterocycles. The molecule has 0 atom stereocenters. The molecule has 1 aliphatic carbocycles. The van der Waals surface area contributed by atoms with Crippen molar-refractivity contribution in [2.45, 2.75) is 99.8 Å². The van der Waals surface area contributed by atoms with Gasteiger partial charge in [0.15, 0.2) is 0 Å². The zero-order valence-corrected chi connectivity index (χ0v) is 23.3. The van der Waals surface area contributed by atoms with Crippen LogP contribution in [0.3, 0.4) is 0 Å². The van der Waals surface area contributed by atoms with Crippen LogP contribution in [0.5, 0.6) is 0 Å². The summed E-state index contributed by atoms with van der Waals surface area (Å²) in [6.07, 6.45) is 5.42. The normalized spacial score (nSPS) is 18.8. The standard InChI is InChI=1S/C25H32O2.C4H10O.C2H4O/c1-7-9-20-13-18(5)23(19(6)14-20)24-21(26)15-25(11-8-2,16-22(24)27)12-10-17(3)4;1-3-5-4-2;1-2-3/h13-14,24H,3,8,10-12,15-16H2,1-2,4-6H3;3-4H2,1-2H3;2H,1H3. The minimum atomic E-state index is -0.608. The molecule has 4 heteroatoms. The van der Waals surface area contributed by atoms with E-state index in [4.69, 9.17) is 9.53 Å². The fraction of sp³-hybridized carbons (Fsp3) is 0.581. The molecular weight excluding hydrogens is 436 g/mol. The van der Waals surface area contributed by atoms with Crippen molar-refractivity contribution >= 4 is 17.9 Å². The second kappa shape index (κ2) is 17.0. The average Bonchev–Trinajstić information content (AvgIpc) is 2.76. The number of aldehydes is 1. The van der Waals surface area contributed by atoms with E-state index in [2.05, 4.69) is 25.3 Å². The van der Waals surface area contributed by atoms with Gasteiger partial charge in [-0.15, -0.1) is 12.5 Å².